The van der Waals surface area contributed by atoms with Gasteiger partial charge in [-0.1, -0.05) is 6.42 Å². The van der Waals surface area contributed by atoms with Crippen molar-refractivity contribution in [2.75, 3.05) is 6.61 Å². The first-order valence-electron chi connectivity index (χ1n) is 8.01. The number of nitrogens with one attached hydrogen (secondary N) is 1. The maximum atomic E-state index is 12.6. The van der Waals surface area contributed by atoms with Crippen molar-refractivity contribution >= 4 is 5.97 Å². The summed E-state index contributed by atoms with van der Waals surface area (Å²) in [6.07, 6.45) is 7.71. The van der Waals surface area contributed by atoms with Crippen LogP contribution in [0.3, 0.4) is 0 Å². The van der Waals surface area contributed by atoms with Gasteiger partial charge >= 0.3 is 5.97 Å². The molecule has 5 nitrogen and oxygen atoms in total. The van der Waals surface area contributed by atoms with Gasteiger partial charge in [0, 0.05) is 25.0 Å². The highest BCUT2D eigenvalue weighted by atomic mass is 16.5. The Balaban J connectivity index is 2.10. The summed E-state index contributed by atoms with van der Waals surface area (Å²) < 4.78 is 7.31. The second kappa shape index (κ2) is 7.07. The third-order valence-electron chi connectivity index (χ3n) is 4.27. The molecular weight excluding hydrogens is 266 g/mol. The normalized spacial score (nSPS) is 25.4. The number of aromatic nitrogens is 2. The molecule has 1 heterocycles. The van der Waals surface area contributed by atoms with Gasteiger partial charge in [-0.15, -0.1) is 0 Å². The van der Waals surface area contributed by atoms with Crippen molar-refractivity contribution in [3.63, 3.8) is 0 Å². The lowest BCUT2D eigenvalue weighted by atomic mass is 9.83. The number of aryl methyl sites for hydroxylation is 1. The molecule has 2 unspecified atom stereocenters. The highest BCUT2D eigenvalue weighted by Crippen LogP contribution is 2.39. The first kappa shape index (κ1) is 16.0. The molecule has 0 aliphatic heterocycles. The van der Waals surface area contributed by atoms with Crippen LogP contribution in [0, 0.1) is 5.92 Å². The highest BCUT2D eigenvalue weighted by Gasteiger charge is 2.49. The van der Waals surface area contributed by atoms with Crippen LogP contribution in [0.5, 0.6) is 0 Å². The second-order valence-electron chi connectivity index (χ2n) is 6.14. The fraction of sp³-hybridized carbons (Fsp3) is 0.750. The molecule has 21 heavy (non-hydrogen) atoms. The maximum absolute atomic E-state index is 12.6. The molecule has 1 aromatic heterocycles. The van der Waals surface area contributed by atoms with E-state index in [1.807, 2.05) is 23.9 Å². The van der Waals surface area contributed by atoms with Gasteiger partial charge in [-0.3, -0.25) is 14.8 Å². The molecule has 2 atom stereocenters. The Morgan fingerprint density at radius 1 is 1.57 bits per heavy atom. The Labute approximate surface area is 127 Å². The van der Waals surface area contributed by atoms with Crippen LogP contribution < -0.4 is 5.32 Å². The van der Waals surface area contributed by atoms with Crippen LogP contribution in [0.1, 0.15) is 46.5 Å². The summed E-state index contributed by atoms with van der Waals surface area (Å²) in [5, 5.41) is 7.76. The Hall–Kier alpha value is -1.36. The van der Waals surface area contributed by atoms with E-state index in [1.54, 1.807) is 6.20 Å². The van der Waals surface area contributed by atoms with Crippen LogP contribution >= 0.6 is 0 Å². The first-order valence-corrected chi connectivity index (χ1v) is 8.01. The van der Waals surface area contributed by atoms with Crippen molar-refractivity contribution in [3.05, 3.63) is 18.5 Å². The summed E-state index contributed by atoms with van der Waals surface area (Å²) in [6, 6.07) is 2.19. The van der Waals surface area contributed by atoms with Gasteiger partial charge in [0.2, 0.25) is 0 Å². The monoisotopic (exact) mass is 293 g/mol. The van der Waals surface area contributed by atoms with Crippen molar-refractivity contribution in [1.29, 1.82) is 0 Å². The summed E-state index contributed by atoms with van der Waals surface area (Å²) in [5.74, 6) is 0.227. The predicted octanol–water partition coefficient (Wildman–Crippen LogP) is 2.37. The Bertz CT molecular complexity index is 444. The summed E-state index contributed by atoms with van der Waals surface area (Å²) >= 11 is 0. The van der Waals surface area contributed by atoms with Crippen molar-refractivity contribution in [2.45, 2.75) is 64.6 Å². The molecule has 0 amide bonds. The predicted molar refractivity (Wildman–Crippen MR) is 81.8 cm³/mol. The number of esters is 1. The average molecular weight is 293 g/mol. The van der Waals surface area contributed by atoms with Crippen LogP contribution in [0.4, 0.5) is 0 Å². The lowest BCUT2D eigenvalue weighted by Gasteiger charge is -2.36. The van der Waals surface area contributed by atoms with Crippen LogP contribution in [0.15, 0.2) is 18.5 Å². The lowest BCUT2D eigenvalue weighted by molar-refractivity contribution is -0.153. The molecule has 0 bridgehead atoms. The topological polar surface area (TPSA) is 56.1 Å². The molecule has 118 valence electrons. The van der Waals surface area contributed by atoms with E-state index in [2.05, 4.69) is 24.3 Å². The Kier molecular flexibility index (Phi) is 5.39. The zero-order valence-corrected chi connectivity index (χ0v) is 13.3. The molecule has 5 heteroatoms. The molecule has 1 N–H and O–H groups in total. The number of hydrogen-bond donors (Lipinski definition) is 1. The van der Waals surface area contributed by atoms with E-state index >= 15 is 0 Å². The minimum absolute atomic E-state index is 0.0818. The van der Waals surface area contributed by atoms with Gasteiger partial charge in [-0.05, 0) is 52.0 Å². The number of hydrogen-bond acceptors (Lipinski definition) is 4. The largest absolute Gasteiger partial charge is 0.465 e. The molecule has 1 fully saturated rings. The zero-order valence-electron chi connectivity index (χ0n) is 13.3. The van der Waals surface area contributed by atoms with Gasteiger partial charge in [0.05, 0.1) is 6.61 Å². The fourth-order valence-corrected chi connectivity index (χ4v) is 3.48. The van der Waals surface area contributed by atoms with Gasteiger partial charge in [0.1, 0.15) is 5.54 Å². The van der Waals surface area contributed by atoms with Crippen LogP contribution in [0.25, 0.3) is 0 Å². The average Bonchev–Trinajstić information content (AvgIpc) is 3.06. The molecule has 1 aliphatic carbocycles. The van der Waals surface area contributed by atoms with E-state index in [4.69, 9.17) is 4.74 Å². The number of nitrogens with zero attached hydrogens (tertiary/aromatic N) is 2. The zero-order chi connectivity index (χ0) is 15.3. The summed E-state index contributed by atoms with van der Waals surface area (Å²) in [7, 11) is 0. The third-order valence-corrected chi connectivity index (χ3v) is 4.27. The van der Waals surface area contributed by atoms with E-state index in [1.165, 1.54) is 0 Å². The van der Waals surface area contributed by atoms with E-state index < -0.39 is 5.54 Å². The summed E-state index contributed by atoms with van der Waals surface area (Å²) in [4.78, 5) is 12.6. The molecule has 0 spiro atoms. The number of carbonyl (C=O) groups excluding carboxylic acids is 1. The molecule has 1 aromatic rings. The van der Waals surface area contributed by atoms with Crippen molar-refractivity contribution in [1.82, 2.24) is 15.1 Å². The third kappa shape index (κ3) is 3.64. The summed E-state index contributed by atoms with van der Waals surface area (Å²) in [5.41, 5.74) is -0.517. The van der Waals surface area contributed by atoms with Crippen LogP contribution in [-0.4, -0.2) is 33.9 Å². The number of carbonyl (C=O) groups is 1. The van der Waals surface area contributed by atoms with Gasteiger partial charge in [-0.25, -0.2) is 0 Å². The molecule has 0 saturated heterocycles. The van der Waals surface area contributed by atoms with Crippen molar-refractivity contribution in [3.8, 4) is 0 Å². The van der Waals surface area contributed by atoms with Crippen molar-refractivity contribution < 1.29 is 9.53 Å². The molecule has 1 aliphatic rings. The second-order valence-corrected chi connectivity index (χ2v) is 6.14. The lowest BCUT2D eigenvalue weighted by Crippen LogP contribution is -2.58. The standard InChI is InChI=1S/C16H27N3O2/c1-4-21-15(20)16(18-13(2)3)9-5-7-14(16)8-12-19-11-6-10-17-19/h6,10-11,13-14,18H,4-5,7-9,12H2,1-3H3. The van der Waals surface area contributed by atoms with Crippen LogP contribution in [-0.2, 0) is 16.1 Å². The molecule has 1 saturated carbocycles. The van der Waals surface area contributed by atoms with Gasteiger partial charge in [0.15, 0.2) is 0 Å². The molecular formula is C16H27N3O2. The minimum Gasteiger partial charge on any atom is -0.465 e. The summed E-state index contributed by atoms with van der Waals surface area (Å²) in [6.45, 7) is 7.33. The van der Waals surface area contributed by atoms with Gasteiger partial charge < -0.3 is 4.74 Å². The number of ether oxygens (including phenoxy) is 1. The van der Waals surface area contributed by atoms with Gasteiger partial charge in [0.25, 0.3) is 0 Å². The molecule has 0 radical (unpaired) electrons. The number of rotatable bonds is 7. The van der Waals surface area contributed by atoms with Crippen LogP contribution in [0.2, 0.25) is 0 Å². The molecule has 2 rings (SSSR count). The van der Waals surface area contributed by atoms with Crippen molar-refractivity contribution in [2.24, 2.45) is 5.92 Å². The first-order chi connectivity index (χ1) is 10.1. The fourth-order valence-electron chi connectivity index (χ4n) is 3.48. The SMILES string of the molecule is CCOC(=O)C1(NC(C)C)CCCC1CCn1cccn1. The highest BCUT2D eigenvalue weighted by molar-refractivity contribution is 5.82. The van der Waals surface area contributed by atoms with E-state index in [0.29, 0.717) is 12.5 Å². The van der Waals surface area contributed by atoms with E-state index in [-0.39, 0.29) is 12.0 Å². The Morgan fingerprint density at radius 3 is 3.00 bits per heavy atom. The Morgan fingerprint density at radius 2 is 2.38 bits per heavy atom. The quantitative estimate of drug-likeness (QED) is 0.784. The smallest absolute Gasteiger partial charge is 0.326 e. The molecule has 0 aromatic carbocycles. The van der Waals surface area contributed by atoms with E-state index in [0.717, 1.165) is 32.2 Å². The van der Waals surface area contributed by atoms with E-state index in [9.17, 15) is 4.79 Å². The van der Waals surface area contributed by atoms with Gasteiger partial charge in [-0.2, -0.15) is 5.10 Å². The minimum atomic E-state index is -0.517. The maximum Gasteiger partial charge on any atom is 0.326 e.